The molecule has 5 nitrogen and oxygen atoms in total. The molecule has 4 aliphatic carbocycles. The van der Waals surface area contributed by atoms with E-state index in [1.54, 1.807) is 12.4 Å². The van der Waals surface area contributed by atoms with E-state index in [4.69, 9.17) is 5.84 Å². The molecule has 4 bridgehead atoms. The maximum Gasteiger partial charge on any atom is 0.331 e. The zero-order chi connectivity index (χ0) is 18.0. The SMILES string of the molecule is NN(CCC12CC3CC(CC(C3)C1)C2)C(=O)NCCCc1ccncc1. The van der Waals surface area contributed by atoms with Gasteiger partial charge < -0.3 is 5.32 Å². The van der Waals surface area contributed by atoms with Crippen LogP contribution < -0.4 is 11.2 Å². The number of nitrogens with two attached hydrogens (primary N) is 1. The average molecular weight is 357 g/mol. The van der Waals surface area contributed by atoms with Crippen LogP contribution >= 0.6 is 0 Å². The van der Waals surface area contributed by atoms with Crippen molar-refractivity contribution in [3.05, 3.63) is 30.1 Å². The van der Waals surface area contributed by atoms with Crippen LogP contribution in [0.4, 0.5) is 4.79 Å². The van der Waals surface area contributed by atoms with Crippen molar-refractivity contribution in [1.82, 2.24) is 15.3 Å². The lowest BCUT2D eigenvalue weighted by atomic mass is 9.49. The Bertz CT molecular complexity index is 582. The minimum atomic E-state index is -0.135. The summed E-state index contributed by atoms with van der Waals surface area (Å²) in [4.78, 5) is 16.3. The van der Waals surface area contributed by atoms with Crippen molar-refractivity contribution < 1.29 is 4.79 Å². The molecule has 4 aliphatic rings. The molecule has 1 aromatic heterocycles. The van der Waals surface area contributed by atoms with Gasteiger partial charge >= 0.3 is 6.03 Å². The number of carbonyl (C=O) groups excluding carboxylic acids is 1. The fraction of sp³-hybridized carbons (Fsp3) is 0.714. The summed E-state index contributed by atoms with van der Waals surface area (Å²) in [6.07, 6.45) is 15.1. The minimum Gasteiger partial charge on any atom is -0.337 e. The summed E-state index contributed by atoms with van der Waals surface area (Å²) in [6.45, 7) is 1.34. The quantitative estimate of drug-likeness (QED) is 0.340. The third-order valence-corrected chi connectivity index (χ3v) is 6.98. The summed E-state index contributed by atoms with van der Waals surface area (Å²) in [5.41, 5.74) is 1.73. The number of aromatic nitrogens is 1. The number of amides is 2. The van der Waals surface area contributed by atoms with Crippen LogP contribution in [0.1, 0.15) is 56.9 Å². The number of hydrazine groups is 1. The molecule has 0 spiro atoms. The maximum absolute atomic E-state index is 12.3. The molecule has 0 aliphatic heterocycles. The van der Waals surface area contributed by atoms with Gasteiger partial charge in [-0.2, -0.15) is 0 Å². The van der Waals surface area contributed by atoms with Crippen molar-refractivity contribution in [2.45, 2.75) is 57.8 Å². The van der Waals surface area contributed by atoms with Gasteiger partial charge in [0.1, 0.15) is 0 Å². The molecule has 4 fully saturated rings. The van der Waals surface area contributed by atoms with Gasteiger partial charge in [-0.05, 0) is 98.7 Å². The molecular formula is C21H32N4O. The highest BCUT2D eigenvalue weighted by atomic mass is 16.2. The first-order valence-corrected chi connectivity index (χ1v) is 10.3. The van der Waals surface area contributed by atoms with Gasteiger partial charge in [0.2, 0.25) is 0 Å². The number of rotatable bonds is 7. The summed E-state index contributed by atoms with van der Waals surface area (Å²) >= 11 is 0. The van der Waals surface area contributed by atoms with Crippen LogP contribution in [0, 0.1) is 23.2 Å². The number of hydrogen-bond acceptors (Lipinski definition) is 3. The van der Waals surface area contributed by atoms with Crippen LogP contribution in [0.2, 0.25) is 0 Å². The van der Waals surface area contributed by atoms with Gasteiger partial charge in [0.05, 0.1) is 0 Å². The Morgan fingerprint density at radius 2 is 1.77 bits per heavy atom. The van der Waals surface area contributed by atoms with Crippen molar-refractivity contribution >= 4 is 6.03 Å². The van der Waals surface area contributed by atoms with Gasteiger partial charge in [0.15, 0.2) is 0 Å². The van der Waals surface area contributed by atoms with Crippen molar-refractivity contribution in [3.63, 3.8) is 0 Å². The van der Waals surface area contributed by atoms with Gasteiger partial charge in [-0.1, -0.05) is 0 Å². The zero-order valence-electron chi connectivity index (χ0n) is 15.7. The minimum absolute atomic E-state index is 0.135. The van der Waals surface area contributed by atoms with Crippen molar-refractivity contribution in [1.29, 1.82) is 0 Å². The van der Waals surface area contributed by atoms with E-state index in [-0.39, 0.29) is 6.03 Å². The van der Waals surface area contributed by atoms with Crippen molar-refractivity contribution in [2.24, 2.45) is 29.0 Å². The molecule has 0 saturated heterocycles. The monoisotopic (exact) mass is 356 g/mol. The van der Waals surface area contributed by atoms with Crippen LogP contribution in [-0.4, -0.2) is 29.1 Å². The topological polar surface area (TPSA) is 71.2 Å². The lowest BCUT2D eigenvalue weighted by Gasteiger charge is -2.57. The summed E-state index contributed by atoms with van der Waals surface area (Å²) in [7, 11) is 0. The lowest BCUT2D eigenvalue weighted by Crippen LogP contribution is -2.50. The molecule has 2 amide bonds. The number of nitrogens with zero attached hydrogens (tertiary/aromatic N) is 2. The highest BCUT2D eigenvalue weighted by Crippen LogP contribution is 2.61. The first-order valence-electron chi connectivity index (χ1n) is 10.3. The number of hydrogen-bond donors (Lipinski definition) is 2. The van der Waals surface area contributed by atoms with E-state index in [1.165, 1.54) is 49.1 Å². The van der Waals surface area contributed by atoms with Gasteiger partial charge in [-0.3, -0.25) is 9.99 Å². The summed E-state index contributed by atoms with van der Waals surface area (Å²) < 4.78 is 0. The fourth-order valence-corrected chi connectivity index (χ4v) is 6.19. The Hall–Kier alpha value is -1.62. The highest BCUT2D eigenvalue weighted by Gasteiger charge is 2.50. The lowest BCUT2D eigenvalue weighted by molar-refractivity contribution is -0.0596. The molecule has 142 valence electrons. The molecule has 26 heavy (non-hydrogen) atoms. The van der Waals surface area contributed by atoms with Crippen LogP contribution in [0.25, 0.3) is 0 Å². The fourth-order valence-electron chi connectivity index (χ4n) is 6.19. The largest absolute Gasteiger partial charge is 0.337 e. The number of aryl methyl sites for hydroxylation is 1. The van der Waals surface area contributed by atoms with Gasteiger partial charge in [0.25, 0.3) is 0 Å². The van der Waals surface area contributed by atoms with Crippen LogP contribution in [0.3, 0.4) is 0 Å². The van der Waals surface area contributed by atoms with E-state index in [9.17, 15) is 4.79 Å². The molecule has 0 radical (unpaired) electrons. The van der Waals surface area contributed by atoms with E-state index < -0.39 is 0 Å². The molecule has 1 aromatic rings. The Morgan fingerprint density at radius 3 is 2.38 bits per heavy atom. The molecule has 0 aromatic carbocycles. The Kier molecular flexibility index (Phi) is 5.16. The molecular weight excluding hydrogens is 324 g/mol. The van der Waals surface area contributed by atoms with Gasteiger partial charge in [-0.25, -0.2) is 10.6 Å². The summed E-state index contributed by atoms with van der Waals surface area (Å²) in [6, 6.07) is 3.90. The number of carbonyl (C=O) groups is 1. The summed E-state index contributed by atoms with van der Waals surface area (Å²) in [5, 5.41) is 4.37. The Labute approximate surface area is 156 Å². The number of pyridine rings is 1. The second-order valence-corrected chi connectivity index (χ2v) is 9.05. The second kappa shape index (κ2) is 7.55. The third kappa shape index (κ3) is 4.03. The van der Waals surface area contributed by atoms with Gasteiger partial charge in [0, 0.05) is 25.5 Å². The molecule has 5 rings (SSSR count). The number of urea groups is 1. The average Bonchev–Trinajstić information content (AvgIpc) is 2.63. The molecule has 3 N–H and O–H groups in total. The van der Waals surface area contributed by atoms with Crippen molar-refractivity contribution in [3.8, 4) is 0 Å². The smallest absolute Gasteiger partial charge is 0.331 e. The highest BCUT2D eigenvalue weighted by molar-refractivity contribution is 5.73. The molecule has 1 heterocycles. The Morgan fingerprint density at radius 1 is 1.15 bits per heavy atom. The maximum atomic E-state index is 12.3. The zero-order valence-corrected chi connectivity index (χ0v) is 15.7. The van der Waals surface area contributed by atoms with Crippen molar-refractivity contribution in [2.75, 3.05) is 13.1 Å². The van der Waals surface area contributed by atoms with E-state index in [2.05, 4.69) is 10.3 Å². The molecule has 5 heteroatoms. The normalized spacial score (nSPS) is 31.8. The van der Waals surface area contributed by atoms with E-state index >= 15 is 0 Å². The first-order chi connectivity index (χ1) is 12.6. The first kappa shape index (κ1) is 17.8. The molecule has 0 atom stereocenters. The standard InChI is InChI=1S/C21H32N4O/c22-25(20(26)24-6-1-2-16-3-7-23-8-4-16)9-5-21-13-17-10-18(14-21)12-19(11-17)15-21/h3-4,7-8,17-19H,1-2,5-6,9-15,22H2,(H,24,26). The van der Waals surface area contributed by atoms with Crippen LogP contribution in [0.15, 0.2) is 24.5 Å². The Balaban J connectivity index is 1.18. The predicted octanol–water partition coefficient (Wildman–Crippen LogP) is 3.51. The van der Waals surface area contributed by atoms with E-state index in [1.807, 2.05) is 12.1 Å². The number of nitrogens with one attached hydrogen (secondary N) is 1. The van der Waals surface area contributed by atoms with E-state index in [0.29, 0.717) is 18.5 Å². The third-order valence-electron chi connectivity index (χ3n) is 6.98. The molecule has 4 saturated carbocycles. The second-order valence-electron chi connectivity index (χ2n) is 9.05. The van der Waals surface area contributed by atoms with E-state index in [0.717, 1.165) is 37.0 Å². The van der Waals surface area contributed by atoms with Gasteiger partial charge in [-0.15, -0.1) is 0 Å². The van der Waals surface area contributed by atoms with Crippen LogP contribution in [0.5, 0.6) is 0 Å². The van der Waals surface area contributed by atoms with Crippen LogP contribution in [-0.2, 0) is 6.42 Å². The molecule has 0 unspecified atom stereocenters. The summed E-state index contributed by atoms with van der Waals surface area (Å²) in [5.74, 6) is 8.91. The predicted molar refractivity (Wildman–Crippen MR) is 102 cm³/mol.